The van der Waals surface area contributed by atoms with Gasteiger partial charge in [0.15, 0.2) is 0 Å². The zero-order valence-corrected chi connectivity index (χ0v) is 13.1. The Bertz CT molecular complexity index is 597. The van der Waals surface area contributed by atoms with E-state index in [1.54, 1.807) is 0 Å². The second-order valence-corrected chi connectivity index (χ2v) is 6.26. The maximum Gasteiger partial charge on any atom is 0.134 e. The molecule has 0 bridgehead atoms. The van der Waals surface area contributed by atoms with Gasteiger partial charge in [-0.05, 0) is 27.0 Å². The predicted octanol–water partition coefficient (Wildman–Crippen LogP) is 2.46. The van der Waals surface area contributed by atoms with Crippen LogP contribution in [-0.4, -0.2) is 48.6 Å². The molecule has 0 amide bonds. The van der Waals surface area contributed by atoms with Gasteiger partial charge in [0, 0.05) is 42.7 Å². The van der Waals surface area contributed by atoms with Crippen molar-refractivity contribution in [1.82, 2.24) is 9.80 Å². The SMILES string of the molecule is CC1CN(C(CN)c2coc3ccccc23)CC(C)N1C. The van der Waals surface area contributed by atoms with E-state index in [4.69, 9.17) is 10.2 Å². The summed E-state index contributed by atoms with van der Waals surface area (Å²) in [7, 11) is 2.21. The smallest absolute Gasteiger partial charge is 0.134 e. The largest absolute Gasteiger partial charge is 0.464 e. The normalized spacial score (nSPS) is 26.3. The fourth-order valence-corrected chi connectivity index (χ4v) is 3.43. The molecule has 1 aromatic heterocycles. The number of para-hydroxylation sites is 1. The van der Waals surface area contributed by atoms with Crippen molar-refractivity contribution < 1.29 is 4.42 Å². The number of rotatable bonds is 3. The highest BCUT2D eigenvalue weighted by atomic mass is 16.3. The highest BCUT2D eigenvalue weighted by Gasteiger charge is 2.32. The second-order valence-electron chi connectivity index (χ2n) is 6.26. The Morgan fingerprint density at radius 2 is 1.90 bits per heavy atom. The summed E-state index contributed by atoms with van der Waals surface area (Å²) in [6.45, 7) is 7.27. The quantitative estimate of drug-likeness (QED) is 0.942. The van der Waals surface area contributed by atoms with Gasteiger partial charge < -0.3 is 10.2 Å². The lowest BCUT2D eigenvalue weighted by molar-refractivity contribution is 0.0353. The monoisotopic (exact) mass is 287 g/mol. The van der Waals surface area contributed by atoms with Gasteiger partial charge in [-0.15, -0.1) is 0 Å². The summed E-state index contributed by atoms with van der Waals surface area (Å²) in [4.78, 5) is 4.95. The van der Waals surface area contributed by atoms with Crippen molar-refractivity contribution in [2.24, 2.45) is 5.73 Å². The Balaban J connectivity index is 1.91. The van der Waals surface area contributed by atoms with Crippen molar-refractivity contribution in [3.63, 3.8) is 0 Å². The topological polar surface area (TPSA) is 45.6 Å². The average Bonchev–Trinajstić information content (AvgIpc) is 2.90. The van der Waals surface area contributed by atoms with Gasteiger partial charge in [-0.1, -0.05) is 18.2 Å². The highest BCUT2D eigenvalue weighted by molar-refractivity contribution is 5.81. The first-order valence-corrected chi connectivity index (χ1v) is 7.74. The number of fused-ring (bicyclic) bond motifs is 1. The molecule has 4 nitrogen and oxygen atoms in total. The summed E-state index contributed by atoms with van der Waals surface area (Å²) in [5.41, 5.74) is 8.28. The van der Waals surface area contributed by atoms with Crippen molar-refractivity contribution in [1.29, 1.82) is 0 Å². The van der Waals surface area contributed by atoms with Crippen molar-refractivity contribution in [2.45, 2.75) is 32.0 Å². The molecule has 3 unspecified atom stereocenters. The minimum atomic E-state index is 0.229. The van der Waals surface area contributed by atoms with Gasteiger partial charge in [-0.3, -0.25) is 9.80 Å². The van der Waals surface area contributed by atoms with Crippen LogP contribution in [0.15, 0.2) is 34.9 Å². The zero-order valence-electron chi connectivity index (χ0n) is 13.1. The standard InChI is InChI=1S/C17H25N3O/c1-12-9-20(10-13(2)19(12)3)16(8-18)15-11-21-17-7-5-4-6-14(15)17/h4-7,11-13,16H,8-10,18H2,1-3H3. The number of benzene rings is 1. The molecule has 0 spiro atoms. The fourth-order valence-electron chi connectivity index (χ4n) is 3.43. The number of piperazine rings is 1. The molecule has 4 heteroatoms. The van der Waals surface area contributed by atoms with Gasteiger partial charge in [0.2, 0.25) is 0 Å². The molecule has 0 saturated carbocycles. The molecule has 3 rings (SSSR count). The van der Waals surface area contributed by atoms with Crippen LogP contribution in [0.5, 0.6) is 0 Å². The van der Waals surface area contributed by atoms with Crippen LogP contribution in [-0.2, 0) is 0 Å². The van der Waals surface area contributed by atoms with E-state index in [1.807, 2.05) is 18.4 Å². The molecule has 1 aromatic carbocycles. The van der Waals surface area contributed by atoms with Crippen molar-refractivity contribution in [3.8, 4) is 0 Å². The van der Waals surface area contributed by atoms with Gasteiger partial charge in [0.1, 0.15) is 5.58 Å². The van der Waals surface area contributed by atoms with E-state index < -0.39 is 0 Å². The molecular formula is C17H25N3O. The Hall–Kier alpha value is -1.36. The van der Waals surface area contributed by atoms with E-state index in [-0.39, 0.29) is 6.04 Å². The van der Waals surface area contributed by atoms with Crippen LogP contribution in [0.25, 0.3) is 11.0 Å². The highest BCUT2D eigenvalue weighted by Crippen LogP contribution is 2.31. The number of nitrogens with two attached hydrogens (primary N) is 1. The number of nitrogens with zero attached hydrogens (tertiary/aromatic N) is 2. The van der Waals surface area contributed by atoms with E-state index in [0.717, 1.165) is 18.7 Å². The Labute approximate surface area is 126 Å². The first-order chi connectivity index (χ1) is 10.1. The molecular weight excluding hydrogens is 262 g/mol. The molecule has 3 atom stereocenters. The molecule has 0 aliphatic carbocycles. The van der Waals surface area contributed by atoms with Crippen molar-refractivity contribution in [2.75, 3.05) is 26.7 Å². The molecule has 1 aliphatic heterocycles. The van der Waals surface area contributed by atoms with Crippen LogP contribution in [0.1, 0.15) is 25.5 Å². The summed E-state index contributed by atoms with van der Waals surface area (Å²) < 4.78 is 5.70. The van der Waals surface area contributed by atoms with E-state index in [9.17, 15) is 0 Å². The molecule has 1 fully saturated rings. The molecule has 1 saturated heterocycles. The summed E-state index contributed by atoms with van der Waals surface area (Å²) in [6.07, 6.45) is 1.88. The van der Waals surface area contributed by atoms with E-state index in [1.165, 1.54) is 10.9 Å². The minimum absolute atomic E-state index is 0.229. The number of furan rings is 1. The third-order valence-corrected chi connectivity index (χ3v) is 4.92. The summed E-state index contributed by atoms with van der Waals surface area (Å²) in [6, 6.07) is 9.52. The molecule has 2 N–H and O–H groups in total. The van der Waals surface area contributed by atoms with Gasteiger partial charge in [-0.25, -0.2) is 0 Å². The van der Waals surface area contributed by atoms with Crippen molar-refractivity contribution in [3.05, 3.63) is 36.1 Å². The van der Waals surface area contributed by atoms with Gasteiger partial charge in [-0.2, -0.15) is 0 Å². The average molecular weight is 287 g/mol. The fraction of sp³-hybridized carbons (Fsp3) is 0.529. The number of likely N-dealkylation sites (N-methyl/N-ethyl adjacent to an activating group) is 1. The summed E-state index contributed by atoms with van der Waals surface area (Å²) >= 11 is 0. The number of hydrogen-bond donors (Lipinski definition) is 1. The lowest BCUT2D eigenvalue weighted by Gasteiger charge is -2.45. The van der Waals surface area contributed by atoms with E-state index >= 15 is 0 Å². The maximum atomic E-state index is 6.11. The van der Waals surface area contributed by atoms with Crippen LogP contribution in [0.3, 0.4) is 0 Å². The van der Waals surface area contributed by atoms with Gasteiger partial charge in [0.25, 0.3) is 0 Å². The lowest BCUT2D eigenvalue weighted by Crippen LogP contribution is -2.56. The predicted molar refractivity (Wildman–Crippen MR) is 86.3 cm³/mol. The van der Waals surface area contributed by atoms with Crippen molar-refractivity contribution >= 4 is 11.0 Å². The Morgan fingerprint density at radius 1 is 1.24 bits per heavy atom. The Kier molecular flexibility index (Phi) is 4.02. The summed E-state index contributed by atoms with van der Waals surface area (Å²) in [5.74, 6) is 0. The van der Waals surface area contributed by atoms with E-state index in [0.29, 0.717) is 18.6 Å². The third-order valence-electron chi connectivity index (χ3n) is 4.92. The molecule has 1 aliphatic rings. The Morgan fingerprint density at radius 3 is 2.57 bits per heavy atom. The third kappa shape index (κ3) is 2.59. The van der Waals surface area contributed by atoms with Crippen LogP contribution in [0.2, 0.25) is 0 Å². The zero-order chi connectivity index (χ0) is 15.0. The van der Waals surface area contributed by atoms with Crippen LogP contribution >= 0.6 is 0 Å². The molecule has 114 valence electrons. The van der Waals surface area contributed by atoms with Gasteiger partial charge in [0.05, 0.1) is 12.3 Å². The minimum Gasteiger partial charge on any atom is -0.464 e. The second kappa shape index (κ2) is 5.79. The molecule has 0 radical (unpaired) electrons. The molecule has 21 heavy (non-hydrogen) atoms. The van der Waals surface area contributed by atoms with Crippen LogP contribution in [0.4, 0.5) is 0 Å². The van der Waals surface area contributed by atoms with E-state index in [2.05, 4.69) is 42.8 Å². The first kappa shape index (κ1) is 14.6. The lowest BCUT2D eigenvalue weighted by atomic mass is 10.0. The molecule has 2 aromatic rings. The summed E-state index contributed by atoms with van der Waals surface area (Å²) in [5, 5.41) is 1.19. The number of hydrogen-bond acceptors (Lipinski definition) is 4. The van der Waals surface area contributed by atoms with Gasteiger partial charge >= 0.3 is 0 Å². The first-order valence-electron chi connectivity index (χ1n) is 7.74. The maximum absolute atomic E-state index is 6.11. The molecule has 2 heterocycles. The van der Waals surface area contributed by atoms with Crippen LogP contribution in [0, 0.1) is 0 Å². The van der Waals surface area contributed by atoms with Crippen LogP contribution < -0.4 is 5.73 Å².